The van der Waals surface area contributed by atoms with Gasteiger partial charge in [0.25, 0.3) is 0 Å². The quantitative estimate of drug-likeness (QED) is 0.748. The summed E-state index contributed by atoms with van der Waals surface area (Å²) in [4.78, 5) is 0. The third-order valence-corrected chi connectivity index (χ3v) is 2.25. The van der Waals surface area contributed by atoms with Crippen LogP contribution >= 0.6 is 15.9 Å². The SMILES string of the molecule is Cc1cc(Br)cc2c(N)[c]oc12. The van der Waals surface area contributed by atoms with Gasteiger partial charge >= 0.3 is 0 Å². The van der Waals surface area contributed by atoms with Crippen molar-refractivity contribution in [1.82, 2.24) is 0 Å². The van der Waals surface area contributed by atoms with Crippen LogP contribution in [0.15, 0.2) is 21.0 Å². The van der Waals surface area contributed by atoms with Gasteiger partial charge in [-0.05, 0) is 24.6 Å². The molecule has 0 aliphatic rings. The van der Waals surface area contributed by atoms with Crippen molar-refractivity contribution in [1.29, 1.82) is 0 Å². The van der Waals surface area contributed by atoms with E-state index in [9.17, 15) is 0 Å². The number of rotatable bonds is 0. The maximum absolute atomic E-state index is 5.64. The van der Waals surface area contributed by atoms with E-state index in [0.29, 0.717) is 5.69 Å². The molecule has 0 unspecified atom stereocenters. The highest BCUT2D eigenvalue weighted by Crippen LogP contribution is 2.28. The molecule has 2 N–H and O–H groups in total. The van der Waals surface area contributed by atoms with Gasteiger partial charge in [0.05, 0.1) is 5.69 Å². The maximum atomic E-state index is 5.64. The molecule has 1 aromatic heterocycles. The second kappa shape index (κ2) is 2.52. The molecule has 12 heavy (non-hydrogen) atoms. The molecule has 0 amide bonds. The van der Waals surface area contributed by atoms with Gasteiger partial charge < -0.3 is 10.2 Å². The van der Waals surface area contributed by atoms with E-state index in [0.717, 1.165) is 21.0 Å². The topological polar surface area (TPSA) is 39.2 Å². The molecule has 1 heterocycles. The maximum Gasteiger partial charge on any atom is 0.195 e. The summed E-state index contributed by atoms with van der Waals surface area (Å²) in [5.74, 6) is 0. The third-order valence-electron chi connectivity index (χ3n) is 1.79. The first-order chi connectivity index (χ1) is 5.68. The molecular weight excluding hydrogens is 218 g/mol. The van der Waals surface area contributed by atoms with Gasteiger partial charge in [0.15, 0.2) is 6.26 Å². The van der Waals surface area contributed by atoms with Crippen molar-refractivity contribution in [3.05, 3.63) is 28.4 Å². The minimum atomic E-state index is 0.564. The Labute approximate surface area is 78.5 Å². The molecule has 0 spiro atoms. The van der Waals surface area contributed by atoms with E-state index in [-0.39, 0.29) is 0 Å². The van der Waals surface area contributed by atoms with Crippen molar-refractivity contribution >= 4 is 32.6 Å². The van der Waals surface area contributed by atoms with Crippen molar-refractivity contribution in [3.8, 4) is 0 Å². The fraction of sp³-hybridized carbons (Fsp3) is 0.111. The number of hydrogen-bond acceptors (Lipinski definition) is 2. The van der Waals surface area contributed by atoms with E-state index in [1.54, 1.807) is 0 Å². The summed E-state index contributed by atoms with van der Waals surface area (Å²) >= 11 is 3.39. The number of fused-ring (bicyclic) bond motifs is 1. The number of hydrogen-bond donors (Lipinski definition) is 1. The highest BCUT2D eigenvalue weighted by molar-refractivity contribution is 9.10. The molecule has 0 bridgehead atoms. The molecule has 1 radical (unpaired) electrons. The Kier molecular flexibility index (Phi) is 1.61. The monoisotopic (exact) mass is 224 g/mol. The van der Waals surface area contributed by atoms with E-state index in [2.05, 4.69) is 22.2 Å². The average Bonchev–Trinajstić information content (AvgIpc) is 2.33. The molecule has 2 nitrogen and oxygen atoms in total. The van der Waals surface area contributed by atoms with Crippen molar-refractivity contribution in [3.63, 3.8) is 0 Å². The van der Waals surface area contributed by atoms with Gasteiger partial charge in [-0.2, -0.15) is 0 Å². The molecule has 3 heteroatoms. The van der Waals surface area contributed by atoms with Gasteiger partial charge in [0.2, 0.25) is 0 Å². The summed E-state index contributed by atoms with van der Waals surface area (Å²) in [6.45, 7) is 1.98. The lowest BCUT2D eigenvalue weighted by atomic mass is 10.2. The number of nitrogen functional groups attached to an aromatic ring is 1. The van der Waals surface area contributed by atoms with Crippen LogP contribution in [0.25, 0.3) is 11.0 Å². The largest absolute Gasteiger partial charge is 0.450 e. The van der Waals surface area contributed by atoms with Crippen LogP contribution in [-0.2, 0) is 0 Å². The number of aryl methyl sites for hydroxylation is 1. The first-order valence-electron chi connectivity index (χ1n) is 3.54. The molecule has 2 rings (SSSR count). The predicted molar refractivity (Wildman–Crippen MR) is 51.9 cm³/mol. The molecule has 2 aromatic rings. The minimum absolute atomic E-state index is 0.564. The Hall–Kier alpha value is -0.960. The van der Waals surface area contributed by atoms with Crippen molar-refractivity contribution < 1.29 is 4.42 Å². The number of nitrogens with two attached hydrogens (primary N) is 1. The molecule has 1 aromatic carbocycles. The van der Waals surface area contributed by atoms with Crippen molar-refractivity contribution in [2.45, 2.75) is 6.92 Å². The van der Waals surface area contributed by atoms with Crippen LogP contribution in [0.4, 0.5) is 5.69 Å². The zero-order valence-electron chi connectivity index (χ0n) is 6.52. The molecule has 0 atom stereocenters. The molecular formula is C9H7BrNO. The zero-order chi connectivity index (χ0) is 8.72. The molecule has 0 fully saturated rings. The molecule has 0 aliphatic carbocycles. The summed E-state index contributed by atoms with van der Waals surface area (Å²) < 4.78 is 6.17. The standard InChI is InChI=1S/C9H7BrNO/c1-5-2-6(10)3-7-8(11)4-12-9(5)7/h2-3H,11H2,1H3. The molecule has 0 saturated heterocycles. The molecule has 0 aliphatic heterocycles. The van der Waals surface area contributed by atoms with Gasteiger partial charge in [0.1, 0.15) is 5.58 Å². The Morgan fingerprint density at radius 1 is 1.50 bits per heavy atom. The van der Waals surface area contributed by atoms with Crippen LogP contribution in [0.3, 0.4) is 0 Å². The van der Waals surface area contributed by atoms with E-state index >= 15 is 0 Å². The van der Waals surface area contributed by atoms with Crippen molar-refractivity contribution in [2.24, 2.45) is 0 Å². The minimum Gasteiger partial charge on any atom is -0.450 e. The summed E-state index contributed by atoms with van der Waals surface area (Å²) in [7, 11) is 0. The lowest BCUT2D eigenvalue weighted by molar-refractivity contribution is 0.605. The molecule has 0 saturated carbocycles. The van der Waals surface area contributed by atoms with Crippen molar-refractivity contribution in [2.75, 3.05) is 5.73 Å². The normalized spacial score (nSPS) is 10.8. The Balaban J connectivity index is 2.92. The highest BCUT2D eigenvalue weighted by atomic mass is 79.9. The van der Waals surface area contributed by atoms with Gasteiger partial charge in [-0.1, -0.05) is 15.9 Å². The first kappa shape index (κ1) is 7.68. The highest BCUT2D eigenvalue weighted by Gasteiger charge is 2.06. The van der Waals surface area contributed by atoms with E-state index < -0.39 is 0 Å². The Morgan fingerprint density at radius 2 is 2.25 bits per heavy atom. The first-order valence-corrected chi connectivity index (χ1v) is 4.33. The van der Waals surface area contributed by atoms with E-state index in [1.807, 2.05) is 19.1 Å². The van der Waals surface area contributed by atoms with Crippen LogP contribution in [0.1, 0.15) is 5.56 Å². The Bertz CT molecular complexity index is 433. The number of benzene rings is 1. The summed E-state index contributed by atoms with van der Waals surface area (Å²) in [6.07, 6.45) is 2.63. The zero-order valence-corrected chi connectivity index (χ0v) is 8.10. The van der Waals surface area contributed by atoms with Gasteiger partial charge in [-0.25, -0.2) is 0 Å². The number of anilines is 1. The summed E-state index contributed by atoms with van der Waals surface area (Å²) in [6, 6.07) is 3.91. The van der Waals surface area contributed by atoms with Crippen LogP contribution in [0.2, 0.25) is 0 Å². The fourth-order valence-electron chi connectivity index (χ4n) is 1.23. The van der Waals surface area contributed by atoms with Crippen LogP contribution in [0, 0.1) is 13.2 Å². The smallest absolute Gasteiger partial charge is 0.195 e. The average molecular weight is 225 g/mol. The lowest BCUT2D eigenvalue weighted by Gasteiger charge is -1.95. The fourth-order valence-corrected chi connectivity index (χ4v) is 1.80. The number of furan rings is 1. The lowest BCUT2D eigenvalue weighted by Crippen LogP contribution is -1.81. The van der Waals surface area contributed by atoms with Crippen LogP contribution in [-0.4, -0.2) is 0 Å². The van der Waals surface area contributed by atoms with E-state index in [1.165, 1.54) is 0 Å². The predicted octanol–water partition coefficient (Wildman–Crippen LogP) is 2.89. The summed E-state index contributed by atoms with van der Waals surface area (Å²) in [5.41, 5.74) is 8.09. The van der Waals surface area contributed by atoms with Gasteiger partial charge in [0, 0.05) is 9.86 Å². The van der Waals surface area contributed by atoms with Gasteiger partial charge in [-0.15, -0.1) is 0 Å². The second-order valence-corrected chi connectivity index (χ2v) is 3.63. The van der Waals surface area contributed by atoms with Gasteiger partial charge in [-0.3, -0.25) is 0 Å². The van der Waals surface area contributed by atoms with Crippen LogP contribution in [0.5, 0.6) is 0 Å². The summed E-state index contributed by atoms with van der Waals surface area (Å²) in [5, 5.41) is 0.918. The molecule has 61 valence electrons. The third kappa shape index (κ3) is 1.01. The Morgan fingerprint density at radius 3 is 3.00 bits per heavy atom. The van der Waals surface area contributed by atoms with E-state index in [4.69, 9.17) is 10.2 Å². The van der Waals surface area contributed by atoms with Crippen LogP contribution < -0.4 is 5.73 Å². The second-order valence-electron chi connectivity index (χ2n) is 2.72. The number of halogens is 1.